The third kappa shape index (κ3) is 3.81. The number of hydrogen-bond acceptors (Lipinski definition) is 7. The van der Waals surface area contributed by atoms with Gasteiger partial charge >= 0.3 is 0 Å². The van der Waals surface area contributed by atoms with Crippen molar-refractivity contribution in [2.45, 2.75) is 44.6 Å². The minimum absolute atomic E-state index is 0.144. The molecule has 0 spiro atoms. The highest BCUT2D eigenvalue weighted by Gasteiger charge is 2.25. The maximum Gasteiger partial charge on any atom is 0.284 e. The van der Waals surface area contributed by atoms with Crippen LogP contribution in [0, 0.1) is 0 Å². The zero-order valence-electron chi connectivity index (χ0n) is 18.6. The highest BCUT2D eigenvalue weighted by molar-refractivity contribution is 5.75. The van der Waals surface area contributed by atoms with Gasteiger partial charge in [-0.25, -0.2) is 23.0 Å². The van der Waals surface area contributed by atoms with Gasteiger partial charge in [-0.15, -0.1) is 5.10 Å². The van der Waals surface area contributed by atoms with E-state index in [0.29, 0.717) is 30.1 Å². The van der Waals surface area contributed by atoms with E-state index in [1.807, 2.05) is 12.3 Å². The molecule has 2 aliphatic rings. The normalized spacial score (nSPS) is 17.8. The fourth-order valence-electron chi connectivity index (χ4n) is 4.77. The van der Waals surface area contributed by atoms with E-state index < -0.39 is 6.43 Å². The molecule has 6 rings (SSSR count). The number of hydrogen-bond donors (Lipinski definition) is 0. The van der Waals surface area contributed by atoms with Crippen LogP contribution in [-0.2, 0) is 4.74 Å². The van der Waals surface area contributed by atoms with Gasteiger partial charge in [-0.1, -0.05) is 24.5 Å². The van der Waals surface area contributed by atoms with Crippen LogP contribution in [0.1, 0.15) is 50.3 Å². The Kier molecular flexibility index (Phi) is 5.44. The van der Waals surface area contributed by atoms with Gasteiger partial charge in [0, 0.05) is 19.3 Å². The van der Waals surface area contributed by atoms with Crippen LogP contribution in [0.15, 0.2) is 30.9 Å². The molecule has 0 amide bonds. The molecule has 0 radical (unpaired) electrons. The lowest BCUT2D eigenvalue weighted by molar-refractivity contribution is 0.122. The predicted molar refractivity (Wildman–Crippen MR) is 119 cm³/mol. The number of fused-ring (bicyclic) bond motifs is 1. The second-order valence-electron chi connectivity index (χ2n) is 8.73. The van der Waals surface area contributed by atoms with Crippen molar-refractivity contribution in [3.8, 4) is 16.9 Å². The first-order chi connectivity index (χ1) is 16.7. The van der Waals surface area contributed by atoms with E-state index in [4.69, 9.17) is 9.72 Å². The van der Waals surface area contributed by atoms with Gasteiger partial charge in [0.1, 0.15) is 17.2 Å². The lowest BCUT2D eigenvalue weighted by Crippen LogP contribution is -2.36. The van der Waals surface area contributed by atoms with Crippen molar-refractivity contribution in [1.82, 2.24) is 39.4 Å². The first kappa shape index (κ1) is 21.1. The predicted octanol–water partition coefficient (Wildman–Crippen LogP) is 3.45. The molecule has 2 fully saturated rings. The summed E-state index contributed by atoms with van der Waals surface area (Å²) in [6, 6.07) is 2.06. The average molecular weight is 470 g/mol. The number of anilines is 1. The molecule has 178 valence electrons. The van der Waals surface area contributed by atoms with Gasteiger partial charge in [-0.05, 0) is 18.9 Å². The molecule has 1 aliphatic carbocycles. The van der Waals surface area contributed by atoms with Crippen molar-refractivity contribution in [1.29, 1.82) is 0 Å². The van der Waals surface area contributed by atoms with Crippen LogP contribution in [0.3, 0.4) is 0 Å². The molecule has 0 N–H and O–H groups in total. The smallest absolute Gasteiger partial charge is 0.284 e. The molecule has 0 aromatic carbocycles. The molecule has 34 heavy (non-hydrogen) atoms. The molecule has 0 atom stereocenters. The van der Waals surface area contributed by atoms with E-state index in [9.17, 15) is 8.78 Å². The highest BCUT2D eigenvalue weighted by Crippen LogP contribution is 2.32. The Labute approximate surface area is 194 Å². The second kappa shape index (κ2) is 8.75. The molecule has 10 nitrogen and oxygen atoms in total. The molecular formula is C22H25F2N9O. The Morgan fingerprint density at radius 2 is 1.88 bits per heavy atom. The number of rotatable bonds is 5. The Morgan fingerprint density at radius 1 is 1.06 bits per heavy atom. The Morgan fingerprint density at radius 3 is 2.68 bits per heavy atom. The van der Waals surface area contributed by atoms with Crippen LogP contribution in [0.25, 0.3) is 22.6 Å². The summed E-state index contributed by atoms with van der Waals surface area (Å²) < 4.78 is 37.8. The van der Waals surface area contributed by atoms with E-state index >= 15 is 0 Å². The summed E-state index contributed by atoms with van der Waals surface area (Å²) in [5.41, 5.74) is 1.78. The second-order valence-corrected chi connectivity index (χ2v) is 8.73. The van der Waals surface area contributed by atoms with Crippen LogP contribution >= 0.6 is 0 Å². The zero-order valence-corrected chi connectivity index (χ0v) is 18.6. The van der Waals surface area contributed by atoms with E-state index in [2.05, 4.69) is 25.4 Å². The van der Waals surface area contributed by atoms with Crippen molar-refractivity contribution in [2.24, 2.45) is 0 Å². The molecule has 1 saturated carbocycles. The topological polar surface area (TPSA) is 91.2 Å². The minimum Gasteiger partial charge on any atom is -0.378 e. The number of ether oxygens (including phenoxy) is 1. The monoisotopic (exact) mass is 469 g/mol. The van der Waals surface area contributed by atoms with Gasteiger partial charge in [0.15, 0.2) is 11.3 Å². The fourth-order valence-corrected chi connectivity index (χ4v) is 4.77. The van der Waals surface area contributed by atoms with Gasteiger partial charge < -0.3 is 9.64 Å². The van der Waals surface area contributed by atoms with Gasteiger partial charge in [0.05, 0.1) is 43.4 Å². The molecule has 0 bridgehead atoms. The van der Waals surface area contributed by atoms with E-state index in [0.717, 1.165) is 44.6 Å². The standard InChI is InChI=1S/C22H25F2N9O/c23-21(24)20-18(14-32(28-20)15-4-2-1-3-5-15)33-13-17(27-29-33)16-12-25-31-7-6-19(26-22(16)31)30-8-10-34-11-9-30/h6-7,12-15,21H,1-5,8-11H2. The number of morpholine rings is 1. The van der Waals surface area contributed by atoms with Crippen LogP contribution in [0.4, 0.5) is 14.6 Å². The summed E-state index contributed by atoms with van der Waals surface area (Å²) in [7, 11) is 0. The Balaban J connectivity index is 1.34. The summed E-state index contributed by atoms with van der Waals surface area (Å²) in [6.07, 6.45) is 9.37. The first-order valence-corrected chi connectivity index (χ1v) is 11.6. The molecule has 12 heteroatoms. The Hall–Kier alpha value is -3.41. The van der Waals surface area contributed by atoms with E-state index in [-0.39, 0.29) is 17.4 Å². The number of alkyl halides is 2. The van der Waals surface area contributed by atoms with Crippen LogP contribution < -0.4 is 4.90 Å². The summed E-state index contributed by atoms with van der Waals surface area (Å²) in [5.74, 6) is 0.832. The van der Waals surface area contributed by atoms with Crippen molar-refractivity contribution >= 4 is 11.5 Å². The molecule has 1 saturated heterocycles. The molecule has 5 heterocycles. The quantitative estimate of drug-likeness (QED) is 0.442. The van der Waals surface area contributed by atoms with E-state index in [1.54, 1.807) is 27.8 Å². The van der Waals surface area contributed by atoms with Gasteiger partial charge in [0.25, 0.3) is 6.43 Å². The van der Waals surface area contributed by atoms with E-state index in [1.165, 1.54) is 11.1 Å². The molecular weight excluding hydrogens is 444 g/mol. The summed E-state index contributed by atoms with van der Waals surface area (Å²) in [5, 5.41) is 17.0. The number of aromatic nitrogens is 8. The molecule has 4 aromatic rings. The van der Waals surface area contributed by atoms with Crippen LogP contribution in [0.5, 0.6) is 0 Å². The molecule has 0 unspecified atom stereocenters. The summed E-state index contributed by atoms with van der Waals surface area (Å²) in [6.45, 7) is 2.86. The largest absolute Gasteiger partial charge is 0.378 e. The maximum atomic E-state index is 13.8. The Bertz CT molecular complexity index is 1280. The number of nitrogens with zero attached hydrogens (tertiary/aromatic N) is 9. The molecule has 1 aliphatic heterocycles. The van der Waals surface area contributed by atoms with Crippen LogP contribution in [0.2, 0.25) is 0 Å². The first-order valence-electron chi connectivity index (χ1n) is 11.6. The van der Waals surface area contributed by atoms with Gasteiger partial charge in [-0.3, -0.25) is 4.68 Å². The maximum absolute atomic E-state index is 13.8. The SMILES string of the molecule is FC(F)c1nn(C2CCCCC2)cc1-n1cc(-c2cnn3ccc(N4CCOCC4)nc23)nn1. The van der Waals surface area contributed by atoms with Crippen molar-refractivity contribution in [3.05, 3.63) is 36.5 Å². The lowest BCUT2D eigenvalue weighted by Gasteiger charge is -2.27. The zero-order chi connectivity index (χ0) is 23.1. The van der Waals surface area contributed by atoms with Crippen molar-refractivity contribution < 1.29 is 13.5 Å². The molecule has 4 aromatic heterocycles. The minimum atomic E-state index is -2.71. The summed E-state index contributed by atoms with van der Waals surface area (Å²) in [4.78, 5) is 6.94. The van der Waals surface area contributed by atoms with Crippen LogP contribution in [-0.4, -0.2) is 65.7 Å². The van der Waals surface area contributed by atoms with Crippen molar-refractivity contribution in [2.75, 3.05) is 31.2 Å². The third-order valence-corrected chi connectivity index (χ3v) is 6.60. The summed E-state index contributed by atoms with van der Waals surface area (Å²) >= 11 is 0. The van der Waals surface area contributed by atoms with Crippen molar-refractivity contribution in [3.63, 3.8) is 0 Å². The highest BCUT2D eigenvalue weighted by atomic mass is 19.3. The van der Waals surface area contributed by atoms with Gasteiger partial charge in [0.2, 0.25) is 0 Å². The average Bonchev–Trinajstić information content (AvgIpc) is 3.62. The van der Waals surface area contributed by atoms with Gasteiger partial charge in [-0.2, -0.15) is 10.2 Å². The number of halogens is 2. The fraction of sp³-hybridized carbons (Fsp3) is 0.500. The lowest BCUT2D eigenvalue weighted by atomic mass is 9.96. The third-order valence-electron chi connectivity index (χ3n) is 6.60.